The number of halogens is 12. The summed E-state index contributed by atoms with van der Waals surface area (Å²) in [7, 11) is 0. The Kier molecular flexibility index (Phi) is 7.38. The lowest BCUT2D eigenvalue weighted by Crippen LogP contribution is -2.21. The maximum atomic E-state index is 13.1. The summed E-state index contributed by atoms with van der Waals surface area (Å²) in [5.41, 5.74) is -10.5. The molecule has 0 fully saturated rings. The van der Waals surface area contributed by atoms with Crippen molar-refractivity contribution in [3.8, 4) is 0 Å². The maximum Gasteiger partial charge on any atom is 0.417 e. The van der Waals surface area contributed by atoms with Gasteiger partial charge in [-0.15, -0.1) is 0 Å². The third-order valence-corrected chi connectivity index (χ3v) is 4.12. The zero-order chi connectivity index (χ0) is 27.0. The molecule has 0 N–H and O–H groups in total. The molecule has 16 heteroatoms. The first-order valence-corrected chi connectivity index (χ1v) is 8.64. The van der Waals surface area contributed by atoms with E-state index in [1.165, 1.54) is 0 Å². The van der Waals surface area contributed by atoms with E-state index < -0.39 is 76.8 Å². The van der Waals surface area contributed by atoms with E-state index >= 15 is 0 Å². The van der Waals surface area contributed by atoms with E-state index in [-0.39, 0.29) is 36.4 Å². The van der Waals surface area contributed by atoms with Gasteiger partial charge < -0.3 is 9.47 Å². The van der Waals surface area contributed by atoms with Crippen LogP contribution in [0.25, 0.3) is 0 Å². The van der Waals surface area contributed by atoms with Crippen LogP contribution in [0.3, 0.4) is 0 Å². The van der Waals surface area contributed by atoms with Crippen LogP contribution in [0.2, 0.25) is 0 Å². The van der Waals surface area contributed by atoms with Crippen LogP contribution in [0, 0.1) is 0 Å². The van der Waals surface area contributed by atoms with Crippen LogP contribution in [0.5, 0.6) is 0 Å². The van der Waals surface area contributed by atoms with Crippen LogP contribution in [-0.4, -0.2) is 18.7 Å². The molecule has 0 unspecified atom stereocenters. The van der Waals surface area contributed by atoms with Gasteiger partial charge in [0, 0.05) is 0 Å². The lowest BCUT2D eigenvalue weighted by Gasteiger charge is -2.16. The first-order chi connectivity index (χ1) is 15.7. The van der Waals surface area contributed by atoms with Crippen molar-refractivity contribution in [1.29, 1.82) is 0 Å². The van der Waals surface area contributed by atoms with Gasteiger partial charge in [-0.05, 0) is 36.4 Å². The molecule has 0 aliphatic carbocycles. The third kappa shape index (κ3) is 6.79. The minimum Gasteiger partial charge on any atom is -0.424 e. The molecule has 0 saturated carbocycles. The first kappa shape index (κ1) is 27.8. The third-order valence-electron chi connectivity index (χ3n) is 4.12. The van der Waals surface area contributed by atoms with E-state index in [2.05, 4.69) is 9.47 Å². The molecule has 2 rings (SSSR count). The van der Waals surface area contributed by atoms with Crippen molar-refractivity contribution in [2.75, 3.05) is 6.79 Å². The summed E-state index contributed by atoms with van der Waals surface area (Å²) in [6.07, 6.45) is -21.3. The average Bonchev–Trinajstić information content (AvgIpc) is 2.70. The Labute approximate surface area is 186 Å². The van der Waals surface area contributed by atoms with Crippen molar-refractivity contribution in [1.82, 2.24) is 0 Å². The second-order valence-corrected chi connectivity index (χ2v) is 6.49. The molecule has 0 bridgehead atoms. The van der Waals surface area contributed by atoms with Gasteiger partial charge in [-0.3, -0.25) is 0 Å². The normalized spacial score (nSPS) is 12.9. The van der Waals surface area contributed by atoms with Crippen molar-refractivity contribution < 1.29 is 71.7 Å². The van der Waals surface area contributed by atoms with Crippen LogP contribution >= 0.6 is 0 Å². The van der Waals surface area contributed by atoms with E-state index in [0.717, 1.165) is 0 Å². The quantitative estimate of drug-likeness (QED) is 0.251. The van der Waals surface area contributed by atoms with Gasteiger partial charge in [0.1, 0.15) is 0 Å². The summed E-state index contributed by atoms with van der Waals surface area (Å²) in [4.78, 5) is 23.7. The molecular weight excluding hydrogens is 520 g/mol. The molecule has 192 valence electrons. The summed E-state index contributed by atoms with van der Waals surface area (Å²) < 4.78 is 163. The number of alkyl halides is 12. The van der Waals surface area contributed by atoms with Crippen LogP contribution in [0.4, 0.5) is 52.7 Å². The van der Waals surface area contributed by atoms with Crippen LogP contribution in [0.1, 0.15) is 43.0 Å². The fraction of sp³-hybridized carbons (Fsp3) is 0.263. The Morgan fingerprint density at radius 3 is 1.11 bits per heavy atom. The Hall–Kier alpha value is -3.46. The average molecular weight is 528 g/mol. The molecule has 0 aliphatic heterocycles. The van der Waals surface area contributed by atoms with Crippen molar-refractivity contribution in [3.63, 3.8) is 0 Å². The van der Waals surface area contributed by atoms with Gasteiger partial charge in [-0.1, -0.05) is 0 Å². The lowest BCUT2D eigenvalue weighted by molar-refractivity contribution is -0.144. The standard InChI is InChI=1S/C19H8F12O4/c20-16(21,22)8-1-3-10(12(5-8)18(26,27)28)14(32)34-7-35-15(33)11-4-2-9(17(23,24)25)6-13(11)19(29,30)31/h1-6H,7H2. The first-order valence-electron chi connectivity index (χ1n) is 8.64. The monoisotopic (exact) mass is 528 g/mol. The fourth-order valence-corrected chi connectivity index (χ4v) is 2.56. The second-order valence-electron chi connectivity index (χ2n) is 6.49. The molecule has 0 atom stereocenters. The predicted octanol–water partition coefficient (Wildman–Crippen LogP) is 6.73. The number of hydrogen-bond donors (Lipinski definition) is 0. The van der Waals surface area contributed by atoms with Gasteiger partial charge in [0.25, 0.3) is 0 Å². The Morgan fingerprint density at radius 1 is 0.543 bits per heavy atom. The molecule has 35 heavy (non-hydrogen) atoms. The van der Waals surface area contributed by atoms with Crippen molar-refractivity contribution in [3.05, 3.63) is 69.8 Å². The highest BCUT2D eigenvalue weighted by atomic mass is 19.4. The number of benzene rings is 2. The number of hydrogen-bond acceptors (Lipinski definition) is 4. The van der Waals surface area contributed by atoms with Gasteiger partial charge in [-0.2, -0.15) is 52.7 Å². The number of esters is 2. The summed E-state index contributed by atoms with van der Waals surface area (Å²) in [5.74, 6) is -3.91. The largest absolute Gasteiger partial charge is 0.424 e. The van der Waals surface area contributed by atoms with E-state index in [9.17, 15) is 62.3 Å². The molecule has 0 amide bonds. The lowest BCUT2D eigenvalue weighted by atomic mass is 10.0. The van der Waals surface area contributed by atoms with Crippen molar-refractivity contribution in [2.45, 2.75) is 24.7 Å². The number of rotatable bonds is 4. The topological polar surface area (TPSA) is 52.6 Å². The van der Waals surface area contributed by atoms with E-state index in [1.807, 2.05) is 0 Å². The smallest absolute Gasteiger partial charge is 0.417 e. The molecule has 4 nitrogen and oxygen atoms in total. The van der Waals surface area contributed by atoms with Gasteiger partial charge in [0.05, 0.1) is 33.4 Å². The molecule has 0 spiro atoms. The number of carbonyl (C=O) groups excluding carboxylic acids is 2. The molecule has 0 aliphatic rings. The molecular formula is C19H8F12O4. The minimum atomic E-state index is -5.46. The Morgan fingerprint density at radius 2 is 0.857 bits per heavy atom. The molecule has 0 radical (unpaired) electrons. The molecule has 0 heterocycles. The zero-order valence-corrected chi connectivity index (χ0v) is 16.3. The summed E-state index contributed by atoms with van der Waals surface area (Å²) in [6, 6.07) is -0.299. The van der Waals surface area contributed by atoms with E-state index in [0.29, 0.717) is 0 Å². The summed E-state index contributed by atoms with van der Waals surface area (Å²) >= 11 is 0. The highest BCUT2D eigenvalue weighted by Gasteiger charge is 2.41. The SMILES string of the molecule is O=C(OCOC(=O)c1ccc(C(F)(F)F)cc1C(F)(F)F)c1ccc(C(F)(F)F)cc1C(F)(F)F. The minimum absolute atomic E-state index is 0.118. The second kappa shape index (κ2) is 9.30. The highest BCUT2D eigenvalue weighted by molar-refractivity contribution is 5.93. The van der Waals surface area contributed by atoms with Crippen LogP contribution < -0.4 is 0 Å². The van der Waals surface area contributed by atoms with Gasteiger partial charge >= 0.3 is 36.6 Å². The number of ether oxygens (including phenoxy) is 2. The summed E-state index contributed by atoms with van der Waals surface area (Å²) in [5, 5.41) is 0. The fourth-order valence-electron chi connectivity index (χ4n) is 2.56. The van der Waals surface area contributed by atoms with Crippen molar-refractivity contribution >= 4 is 11.9 Å². The Balaban J connectivity index is 2.23. The van der Waals surface area contributed by atoms with Gasteiger partial charge in [0.15, 0.2) is 0 Å². The molecule has 2 aromatic carbocycles. The zero-order valence-electron chi connectivity index (χ0n) is 16.3. The van der Waals surface area contributed by atoms with Crippen LogP contribution in [-0.2, 0) is 34.2 Å². The van der Waals surface area contributed by atoms with Gasteiger partial charge in [0.2, 0.25) is 6.79 Å². The van der Waals surface area contributed by atoms with Crippen molar-refractivity contribution in [2.24, 2.45) is 0 Å². The number of carbonyl (C=O) groups is 2. The summed E-state index contributed by atoms with van der Waals surface area (Å²) in [6.45, 7) is -1.62. The van der Waals surface area contributed by atoms with Gasteiger partial charge in [-0.25, -0.2) is 9.59 Å². The molecule has 2 aromatic rings. The molecule has 0 aromatic heterocycles. The maximum absolute atomic E-state index is 13.1. The highest BCUT2D eigenvalue weighted by Crippen LogP contribution is 2.39. The molecule has 0 saturated heterocycles. The predicted molar refractivity (Wildman–Crippen MR) is 88.6 cm³/mol. The van der Waals surface area contributed by atoms with E-state index in [1.54, 1.807) is 0 Å². The van der Waals surface area contributed by atoms with Crippen LogP contribution in [0.15, 0.2) is 36.4 Å². The van der Waals surface area contributed by atoms with E-state index in [4.69, 9.17) is 0 Å². The Bertz CT molecular complexity index is 1020.